The summed E-state index contributed by atoms with van der Waals surface area (Å²) in [5.74, 6) is 5.79. The first kappa shape index (κ1) is 14.5. The molecule has 5 heteroatoms. The smallest absolute Gasteiger partial charge is 0.0717 e. The van der Waals surface area contributed by atoms with E-state index in [0.29, 0.717) is 5.02 Å². The molecule has 3 nitrogen and oxygen atoms in total. The lowest BCUT2D eigenvalue weighted by atomic mass is 9.95. The summed E-state index contributed by atoms with van der Waals surface area (Å²) < 4.78 is 0.864. The predicted molar refractivity (Wildman–Crippen MR) is 90.1 cm³/mol. The van der Waals surface area contributed by atoms with Crippen molar-refractivity contribution < 1.29 is 0 Å². The Morgan fingerprint density at radius 1 is 1.19 bits per heavy atom. The standard InChI is InChI=1S/C16H13BrClN3/c17-14-5-4-11(8-15(14)18)16(21-19)12-3-1-2-10-6-7-20-9-13(10)12/h1-9,16,21H,19H2. The SMILES string of the molecule is NNC(c1ccc(Br)c(Cl)c1)c1cccc2ccncc12. The van der Waals surface area contributed by atoms with Crippen LogP contribution in [0.15, 0.2) is 59.3 Å². The molecular weight excluding hydrogens is 350 g/mol. The molecule has 0 saturated heterocycles. The number of benzene rings is 2. The lowest BCUT2D eigenvalue weighted by Gasteiger charge is -2.19. The Hall–Kier alpha value is -1.46. The Bertz CT molecular complexity index is 786. The number of hydrogen-bond donors (Lipinski definition) is 2. The highest BCUT2D eigenvalue weighted by atomic mass is 79.9. The number of hydrogen-bond acceptors (Lipinski definition) is 3. The van der Waals surface area contributed by atoms with Gasteiger partial charge in [-0.2, -0.15) is 0 Å². The summed E-state index contributed by atoms with van der Waals surface area (Å²) in [6.45, 7) is 0. The molecule has 0 aliphatic heterocycles. The molecule has 0 fully saturated rings. The van der Waals surface area contributed by atoms with E-state index >= 15 is 0 Å². The van der Waals surface area contributed by atoms with Crippen LogP contribution in [0.3, 0.4) is 0 Å². The van der Waals surface area contributed by atoms with E-state index in [4.69, 9.17) is 17.4 Å². The van der Waals surface area contributed by atoms with E-state index in [1.54, 1.807) is 6.20 Å². The van der Waals surface area contributed by atoms with Crippen LogP contribution in [-0.4, -0.2) is 4.98 Å². The van der Waals surface area contributed by atoms with Crippen molar-refractivity contribution in [2.75, 3.05) is 0 Å². The highest BCUT2D eigenvalue weighted by Gasteiger charge is 2.16. The van der Waals surface area contributed by atoms with E-state index in [9.17, 15) is 0 Å². The average Bonchev–Trinajstić information content (AvgIpc) is 2.52. The number of aromatic nitrogens is 1. The quantitative estimate of drug-likeness (QED) is 0.542. The second kappa shape index (κ2) is 6.12. The fraction of sp³-hybridized carbons (Fsp3) is 0.0625. The third kappa shape index (κ3) is 2.80. The average molecular weight is 363 g/mol. The Morgan fingerprint density at radius 2 is 2.05 bits per heavy atom. The first-order valence-electron chi connectivity index (χ1n) is 6.44. The molecule has 0 amide bonds. The van der Waals surface area contributed by atoms with Crippen molar-refractivity contribution in [2.24, 2.45) is 5.84 Å². The summed E-state index contributed by atoms with van der Waals surface area (Å²) in [7, 11) is 0. The summed E-state index contributed by atoms with van der Waals surface area (Å²) in [4.78, 5) is 4.21. The van der Waals surface area contributed by atoms with Crippen molar-refractivity contribution in [1.29, 1.82) is 0 Å². The Morgan fingerprint density at radius 3 is 2.81 bits per heavy atom. The number of nitrogens with zero attached hydrogens (tertiary/aromatic N) is 1. The molecule has 106 valence electrons. The topological polar surface area (TPSA) is 50.9 Å². The lowest BCUT2D eigenvalue weighted by molar-refractivity contribution is 0.641. The van der Waals surface area contributed by atoms with Crippen LogP contribution in [0.2, 0.25) is 5.02 Å². The number of nitrogens with one attached hydrogen (secondary N) is 1. The summed E-state index contributed by atoms with van der Waals surface area (Å²) in [5.41, 5.74) is 4.94. The van der Waals surface area contributed by atoms with E-state index < -0.39 is 0 Å². The number of hydrazine groups is 1. The van der Waals surface area contributed by atoms with Crippen molar-refractivity contribution >= 4 is 38.3 Å². The normalized spacial score (nSPS) is 12.5. The fourth-order valence-electron chi connectivity index (χ4n) is 2.45. The molecule has 3 N–H and O–H groups in total. The van der Waals surface area contributed by atoms with Gasteiger partial charge in [0.2, 0.25) is 0 Å². The largest absolute Gasteiger partial charge is 0.271 e. The van der Waals surface area contributed by atoms with Gasteiger partial charge in [0, 0.05) is 22.3 Å². The van der Waals surface area contributed by atoms with Crippen LogP contribution in [0.1, 0.15) is 17.2 Å². The number of halogens is 2. The van der Waals surface area contributed by atoms with E-state index in [-0.39, 0.29) is 6.04 Å². The maximum atomic E-state index is 6.19. The van der Waals surface area contributed by atoms with Gasteiger partial charge in [-0.25, -0.2) is 5.43 Å². The summed E-state index contributed by atoms with van der Waals surface area (Å²) >= 11 is 9.60. The molecule has 1 heterocycles. The van der Waals surface area contributed by atoms with Gasteiger partial charge < -0.3 is 0 Å². The zero-order valence-electron chi connectivity index (χ0n) is 11.1. The molecule has 0 spiro atoms. The van der Waals surface area contributed by atoms with Crippen molar-refractivity contribution in [1.82, 2.24) is 10.4 Å². The molecule has 21 heavy (non-hydrogen) atoms. The Balaban J connectivity index is 2.16. The van der Waals surface area contributed by atoms with Gasteiger partial charge >= 0.3 is 0 Å². The zero-order valence-corrected chi connectivity index (χ0v) is 13.4. The third-order valence-corrected chi connectivity index (χ3v) is 4.70. The van der Waals surface area contributed by atoms with Crippen molar-refractivity contribution in [3.63, 3.8) is 0 Å². The van der Waals surface area contributed by atoms with Crippen LogP contribution in [0, 0.1) is 0 Å². The van der Waals surface area contributed by atoms with Crippen molar-refractivity contribution in [3.05, 3.63) is 75.5 Å². The lowest BCUT2D eigenvalue weighted by Crippen LogP contribution is -2.29. The van der Waals surface area contributed by atoms with E-state index in [2.05, 4.69) is 32.4 Å². The Kier molecular flexibility index (Phi) is 4.22. The fourth-order valence-corrected chi connectivity index (χ4v) is 2.88. The molecular formula is C16H13BrClN3. The van der Waals surface area contributed by atoms with E-state index in [0.717, 1.165) is 26.4 Å². The molecule has 0 aliphatic rings. The van der Waals surface area contributed by atoms with E-state index in [1.807, 2.05) is 42.6 Å². The summed E-state index contributed by atoms with van der Waals surface area (Å²) in [6, 6.07) is 13.8. The van der Waals surface area contributed by atoms with Crippen LogP contribution in [-0.2, 0) is 0 Å². The predicted octanol–water partition coefficient (Wildman–Crippen LogP) is 4.20. The van der Waals surface area contributed by atoms with Gasteiger partial charge in [0.1, 0.15) is 0 Å². The molecule has 2 aromatic carbocycles. The molecule has 3 aromatic rings. The van der Waals surface area contributed by atoms with Gasteiger partial charge in [-0.3, -0.25) is 10.8 Å². The van der Waals surface area contributed by atoms with Crippen LogP contribution in [0.25, 0.3) is 10.8 Å². The summed E-state index contributed by atoms with van der Waals surface area (Å²) in [6.07, 6.45) is 3.64. The molecule has 0 saturated carbocycles. The van der Waals surface area contributed by atoms with Crippen molar-refractivity contribution in [3.8, 4) is 0 Å². The number of pyridine rings is 1. The number of fused-ring (bicyclic) bond motifs is 1. The maximum Gasteiger partial charge on any atom is 0.0717 e. The minimum Gasteiger partial charge on any atom is -0.271 e. The minimum atomic E-state index is -0.150. The highest BCUT2D eigenvalue weighted by molar-refractivity contribution is 9.10. The van der Waals surface area contributed by atoms with Gasteiger partial charge in [0.15, 0.2) is 0 Å². The van der Waals surface area contributed by atoms with Crippen LogP contribution < -0.4 is 11.3 Å². The molecule has 1 unspecified atom stereocenters. The van der Waals surface area contributed by atoms with E-state index in [1.165, 1.54) is 0 Å². The minimum absolute atomic E-state index is 0.150. The first-order valence-corrected chi connectivity index (χ1v) is 7.61. The van der Waals surface area contributed by atoms with Crippen LogP contribution in [0.4, 0.5) is 0 Å². The number of nitrogens with two attached hydrogens (primary N) is 1. The second-order valence-electron chi connectivity index (χ2n) is 4.72. The van der Waals surface area contributed by atoms with Gasteiger partial charge in [-0.1, -0.05) is 35.9 Å². The van der Waals surface area contributed by atoms with Gasteiger partial charge in [0.25, 0.3) is 0 Å². The third-order valence-electron chi connectivity index (χ3n) is 3.47. The molecule has 0 aliphatic carbocycles. The van der Waals surface area contributed by atoms with Crippen molar-refractivity contribution in [2.45, 2.75) is 6.04 Å². The molecule has 0 bridgehead atoms. The second-order valence-corrected chi connectivity index (χ2v) is 5.98. The number of rotatable bonds is 3. The van der Waals surface area contributed by atoms with Crippen LogP contribution >= 0.6 is 27.5 Å². The zero-order chi connectivity index (χ0) is 14.8. The molecule has 1 atom stereocenters. The maximum absolute atomic E-state index is 6.19. The molecule has 1 aromatic heterocycles. The van der Waals surface area contributed by atoms with Crippen LogP contribution in [0.5, 0.6) is 0 Å². The monoisotopic (exact) mass is 361 g/mol. The first-order chi connectivity index (χ1) is 10.2. The van der Waals surface area contributed by atoms with Gasteiger partial charge in [-0.15, -0.1) is 0 Å². The van der Waals surface area contributed by atoms with Gasteiger partial charge in [-0.05, 0) is 50.6 Å². The highest BCUT2D eigenvalue weighted by Crippen LogP contribution is 2.31. The molecule has 0 radical (unpaired) electrons. The summed E-state index contributed by atoms with van der Waals surface area (Å²) in [5, 5.41) is 2.86. The molecule has 3 rings (SSSR count). The van der Waals surface area contributed by atoms with Gasteiger partial charge in [0.05, 0.1) is 11.1 Å². The Labute approximate surface area is 136 Å².